The first-order valence-corrected chi connectivity index (χ1v) is 9.18. The van der Waals surface area contributed by atoms with Crippen molar-refractivity contribution >= 4 is 11.8 Å². The van der Waals surface area contributed by atoms with E-state index in [1.807, 2.05) is 18.2 Å². The number of aromatic nitrogens is 3. The van der Waals surface area contributed by atoms with Crippen LogP contribution in [0.4, 0.5) is 0 Å². The summed E-state index contributed by atoms with van der Waals surface area (Å²) in [5.74, 6) is 1.05. The fraction of sp³-hybridized carbons (Fsp3) is 0.444. The van der Waals surface area contributed by atoms with Crippen LogP contribution in [0, 0.1) is 17.2 Å². The SMILES string of the molecule is CC(C)(C)c1ccc(-c2nc3n(c(=O)c2C#N)CC(CN)CS3)cn1. The standard InChI is InChI=1S/C18H21N5OS/c1-18(2,3)14-5-4-12(8-21-14)15-13(7-20)16(24)23-9-11(6-19)10-25-17(23)22-15/h4-5,8,11H,6,9-10,19H2,1-3H3. The van der Waals surface area contributed by atoms with Crippen molar-refractivity contribution in [1.82, 2.24) is 14.5 Å². The number of hydrogen-bond donors (Lipinski definition) is 1. The van der Waals surface area contributed by atoms with Gasteiger partial charge in [-0.05, 0) is 24.6 Å². The maximum Gasteiger partial charge on any atom is 0.272 e. The molecule has 130 valence electrons. The third kappa shape index (κ3) is 3.32. The van der Waals surface area contributed by atoms with Crippen LogP contribution >= 0.6 is 11.8 Å². The van der Waals surface area contributed by atoms with Gasteiger partial charge >= 0.3 is 0 Å². The number of nitrogens with zero attached hydrogens (tertiary/aromatic N) is 4. The summed E-state index contributed by atoms with van der Waals surface area (Å²) in [4.78, 5) is 21.8. The van der Waals surface area contributed by atoms with Crippen LogP contribution in [-0.4, -0.2) is 26.8 Å². The first-order valence-electron chi connectivity index (χ1n) is 8.20. The van der Waals surface area contributed by atoms with E-state index in [1.54, 1.807) is 10.8 Å². The second-order valence-corrected chi connectivity index (χ2v) is 8.23. The number of fused-ring (bicyclic) bond motifs is 1. The summed E-state index contributed by atoms with van der Waals surface area (Å²) < 4.78 is 1.57. The molecule has 3 heterocycles. The van der Waals surface area contributed by atoms with Gasteiger partial charge in [-0.2, -0.15) is 5.26 Å². The maximum atomic E-state index is 12.8. The third-order valence-corrected chi connectivity index (χ3v) is 5.48. The Bertz CT molecular complexity index is 890. The van der Waals surface area contributed by atoms with Gasteiger partial charge in [0, 0.05) is 35.2 Å². The highest BCUT2D eigenvalue weighted by Crippen LogP contribution is 2.29. The number of thioether (sulfide) groups is 1. The van der Waals surface area contributed by atoms with Gasteiger partial charge in [0.15, 0.2) is 5.16 Å². The van der Waals surface area contributed by atoms with Crippen LogP contribution in [-0.2, 0) is 12.0 Å². The largest absolute Gasteiger partial charge is 0.330 e. The Kier molecular flexibility index (Phi) is 4.67. The molecule has 0 bridgehead atoms. The van der Waals surface area contributed by atoms with E-state index < -0.39 is 0 Å². The zero-order valence-electron chi connectivity index (χ0n) is 14.6. The van der Waals surface area contributed by atoms with Crippen LogP contribution in [0.25, 0.3) is 11.3 Å². The van der Waals surface area contributed by atoms with Gasteiger partial charge in [0.25, 0.3) is 5.56 Å². The molecule has 2 N–H and O–H groups in total. The number of nitrogens with two attached hydrogens (primary N) is 1. The lowest BCUT2D eigenvalue weighted by Gasteiger charge is -2.24. The molecule has 1 atom stereocenters. The van der Waals surface area contributed by atoms with Crippen molar-refractivity contribution in [3.8, 4) is 17.3 Å². The lowest BCUT2D eigenvalue weighted by molar-refractivity contribution is 0.439. The van der Waals surface area contributed by atoms with Crippen LogP contribution in [0.1, 0.15) is 32.0 Å². The second kappa shape index (κ2) is 6.62. The van der Waals surface area contributed by atoms with Crippen LogP contribution in [0.2, 0.25) is 0 Å². The number of pyridine rings is 1. The average molecular weight is 355 g/mol. The Hall–Kier alpha value is -2.17. The zero-order chi connectivity index (χ0) is 18.2. The number of rotatable bonds is 2. The van der Waals surface area contributed by atoms with Crippen molar-refractivity contribution in [2.75, 3.05) is 12.3 Å². The second-order valence-electron chi connectivity index (χ2n) is 7.24. The van der Waals surface area contributed by atoms with Crippen molar-refractivity contribution in [2.24, 2.45) is 11.7 Å². The van der Waals surface area contributed by atoms with Crippen molar-refractivity contribution in [3.05, 3.63) is 39.9 Å². The van der Waals surface area contributed by atoms with Crippen molar-refractivity contribution in [3.63, 3.8) is 0 Å². The summed E-state index contributed by atoms with van der Waals surface area (Å²) in [5, 5.41) is 10.2. The summed E-state index contributed by atoms with van der Waals surface area (Å²) in [5.41, 5.74) is 7.47. The Morgan fingerprint density at radius 2 is 2.20 bits per heavy atom. The highest BCUT2D eigenvalue weighted by atomic mass is 32.2. The van der Waals surface area contributed by atoms with E-state index in [2.05, 4.69) is 30.7 Å². The molecular weight excluding hydrogens is 334 g/mol. The lowest BCUT2D eigenvalue weighted by Crippen LogP contribution is -2.35. The Morgan fingerprint density at radius 3 is 2.76 bits per heavy atom. The molecule has 0 aliphatic carbocycles. The molecule has 2 aromatic rings. The number of hydrogen-bond acceptors (Lipinski definition) is 6. The molecule has 1 aliphatic rings. The van der Waals surface area contributed by atoms with E-state index in [-0.39, 0.29) is 22.5 Å². The van der Waals surface area contributed by atoms with E-state index in [4.69, 9.17) is 5.73 Å². The Balaban J connectivity index is 2.10. The zero-order valence-corrected chi connectivity index (χ0v) is 15.4. The molecule has 0 saturated heterocycles. The summed E-state index contributed by atoms with van der Waals surface area (Å²) in [6.07, 6.45) is 1.69. The van der Waals surface area contributed by atoms with Crippen LogP contribution in [0.3, 0.4) is 0 Å². The van der Waals surface area contributed by atoms with E-state index in [0.717, 1.165) is 11.4 Å². The molecule has 2 aromatic heterocycles. The summed E-state index contributed by atoms with van der Waals surface area (Å²) in [6, 6.07) is 5.83. The predicted octanol–water partition coefficient (Wildman–Crippen LogP) is 2.16. The average Bonchev–Trinajstić information content (AvgIpc) is 2.60. The van der Waals surface area contributed by atoms with Gasteiger partial charge in [-0.1, -0.05) is 32.5 Å². The molecule has 0 amide bonds. The van der Waals surface area contributed by atoms with Gasteiger partial charge in [-0.15, -0.1) is 0 Å². The fourth-order valence-electron chi connectivity index (χ4n) is 2.74. The molecule has 0 aromatic carbocycles. The van der Waals surface area contributed by atoms with Crippen LogP contribution in [0.5, 0.6) is 0 Å². The molecule has 25 heavy (non-hydrogen) atoms. The van der Waals surface area contributed by atoms with Crippen LogP contribution < -0.4 is 11.3 Å². The maximum absolute atomic E-state index is 12.8. The van der Waals surface area contributed by atoms with Crippen LogP contribution in [0.15, 0.2) is 28.3 Å². The monoisotopic (exact) mass is 355 g/mol. The molecule has 6 nitrogen and oxygen atoms in total. The fourth-order valence-corrected chi connectivity index (χ4v) is 3.83. The molecule has 0 radical (unpaired) electrons. The first kappa shape index (κ1) is 17.6. The minimum atomic E-state index is -0.298. The highest BCUT2D eigenvalue weighted by Gasteiger charge is 2.25. The third-order valence-electron chi connectivity index (χ3n) is 4.27. The van der Waals surface area contributed by atoms with E-state index >= 15 is 0 Å². The molecular formula is C18H21N5OS. The van der Waals surface area contributed by atoms with E-state index in [9.17, 15) is 10.1 Å². The molecule has 0 saturated carbocycles. The predicted molar refractivity (Wildman–Crippen MR) is 98.4 cm³/mol. The molecule has 1 aliphatic heterocycles. The van der Waals surface area contributed by atoms with Gasteiger partial charge in [0.1, 0.15) is 11.6 Å². The summed E-state index contributed by atoms with van der Waals surface area (Å²) in [7, 11) is 0. The molecule has 3 rings (SSSR count). The topological polar surface area (TPSA) is 97.6 Å². The van der Waals surface area contributed by atoms with Gasteiger partial charge in [-0.3, -0.25) is 14.3 Å². The minimum absolute atomic E-state index is 0.0623. The van der Waals surface area contributed by atoms with Crippen molar-refractivity contribution in [1.29, 1.82) is 5.26 Å². The van der Waals surface area contributed by atoms with E-state index in [0.29, 0.717) is 29.5 Å². The quantitative estimate of drug-likeness (QED) is 0.829. The highest BCUT2D eigenvalue weighted by molar-refractivity contribution is 7.99. The van der Waals surface area contributed by atoms with Gasteiger partial charge in [0.2, 0.25) is 0 Å². The lowest BCUT2D eigenvalue weighted by atomic mass is 9.91. The first-order chi connectivity index (χ1) is 11.8. The molecule has 0 fully saturated rings. The van der Waals surface area contributed by atoms with Crippen molar-refractivity contribution < 1.29 is 0 Å². The Morgan fingerprint density at radius 1 is 1.44 bits per heavy atom. The summed E-state index contributed by atoms with van der Waals surface area (Å²) in [6.45, 7) is 7.29. The normalized spacial score (nSPS) is 17.0. The van der Waals surface area contributed by atoms with Gasteiger partial charge in [-0.25, -0.2) is 4.98 Å². The number of nitriles is 1. The minimum Gasteiger partial charge on any atom is -0.330 e. The van der Waals surface area contributed by atoms with E-state index in [1.165, 1.54) is 11.8 Å². The van der Waals surface area contributed by atoms with Gasteiger partial charge < -0.3 is 5.73 Å². The summed E-state index contributed by atoms with van der Waals surface area (Å²) >= 11 is 1.51. The van der Waals surface area contributed by atoms with Crippen molar-refractivity contribution in [2.45, 2.75) is 37.9 Å². The van der Waals surface area contributed by atoms with Gasteiger partial charge in [0.05, 0.1) is 5.69 Å². The molecule has 1 unspecified atom stereocenters. The smallest absolute Gasteiger partial charge is 0.272 e. The Labute approximate surface area is 151 Å². The molecule has 0 spiro atoms. The molecule has 7 heteroatoms.